The van der Waals surface area contributed by atoms with Gasteiger partial charge in [0, 0.05) is 43.3 Å². The summed E-state index contributed by atoms with van der Waals surface area (Å²) >= 11 is 6.09. The average molecular weight is 370 g/mol. The van der Waals surface area contributed by atoms with E-state index in [1.165, 1.54) is 4.90 Å². The Morgan fingerprint density at radius 3 is 2.69 bits per heavy atom. The first-order valence-corrected chi connectivity index (χ1v) is 8.69. The Hall–Kier alpha value is -2.79. The zero-order valence-electron chi connectivity index (χ0n) is 14.7. The maximum absolute atomic E-state index is 12.3. The summed E-state index contributed by atoms with van der Waals surface area (Å²) < 4.78 is 0. The van der Waals surface area contributed by atoms with Gasteiger partial charge >= 0.3 is 0 Å². The third-order valence-corrected chi connectivity index (χ3v) is 4.51. The Morgan fingerprint density at radius 2 is 1.92 bits per heavy atom. The van der Waals surface area contributed by atoms with Gasteiger partial charge in [0.1, 0.15) is 0 Å². The van der Waals surface area contributed by atoms with Gasteiger partial charge in [-0.2, -0.15) is 0 Å². The van der Waals surface area contributed by atoms with E-state index in [-0.39, 0.29) is 11.8 Å². The van der Waals surface area contributed by atoms with Crippen LogP contribution in [-0.4, -0.2) is 35.8 Å². The molecule has 6 heteroatoms. The fourth-order valence-corrected chi connectivity index (χ4v) is 3.02. The molecule has 0 radical (unpaired) electrons. The van der Waals surface area contributed by atoms with Crippen molar-refractivity contribution in [3.63, 3.8) is 0 Å². The molecule has 0 bridgehead atoms. The van der Waals surface area contributed by atoms with Gasteiger partial charge in [-0.25, -0.2) is 0 Å². The summed E-state index contributed by atoms with van der Waals surface area (Å²) in [6.07, 6.45) is 2.92. The summed E-state index contributed by atoms with van der Waals surface area (Å²) in [4.78, 5) is 29.1. The molecule has 0 unspecified atom stereocenters. The quantitative estimate of drug-likeness (QED) is 0.711. The van der Waals surface area contributed by atoms with Crippen molar-refractivity contribution in [2.45, 2.75) is 12.8 Å². The number of H-pyrrole nitrogens is 1. The largest absolute Gasteiger partial charge is 0.361 e. The minimum Gasteiger partial charge on any atom is -0.361 e. The van der Waals surface area contributed by atoms with Crippen molar-refractivity contribution in [1.29, 1.82) is 0 Å². The van der Waals surface area contributed by atoms with Gasteiger partial charge in [-0.05, 0) is 36.2 Å². The molecule has 3 rings (SSSR count). The Morgan fingerprint density at radius 1 is 1.15 bits per heavy atom. The molecule has 0 atom stereocenters. The molecule has 0 saturated carbocycles. The van der Waals surface area contributed by atoms with Crippen molar-refractivity contribution in [2.75, 3.05) is 19.4 Å². The average Bonchev–Trinajstić information content (AvgIpc) is 3.04. The Labute approximate surface area is 157 Å². The summed E-state index contributed by atoms with van der Waals surface area (Å²) in [5.41, 5.74) is 3.09. The first-order valence-electron chi connectivity index (χ1n) is 8.32. The highest BCUT2D eigenvalue weighted by molar-refractivity contribution is 6.34. The molecule has 2 aromatic carbocycles. The van der Waals surface area contributed by atoms with Crippen LogP contribution in [0.3, 0.4) is 0 Å². The lowest BCUT2D eigenvalue weighted by Crippen LogP contribution is -2.22. The van der Waals surface area contributed by atoms with Crippen LogP contribution >= 0.6 is 11.6 Å². The van der Waals surface area contributed by atoms with Crippen molar-refractivity contribution in [1.82, 2.24) is 9.88 Å². The van der Waals surface area contributed by atoms with E-state index in [4.69, 9.17) is 11.6 Å². The van der Waals surface area contributed by atoms with E-state index in [1.807, 2.05) is 30.5 Å². The maximum atomic E-state index is 12.3. The van der Waals surface area contributed by atoms with Crippen LogP contribution in [0.2, 0.25) is 5.02 Å². The Kier molecular flexibility index (Phi) is 5.28. The lowest BCUT2D eigenvalue weighted by atomic mass is 10.1. The Balaban J connectivity index is 1.67. The number of aromatic amines is 1. The van der Waals surface area contributed by atoms with Crippen LogP contribution in [0, 0.1) is 0 Å². The third-order valence-electron chi connectivity index (χ3n) is 4.18. The van der Waals surface area contributed by atoms with Gasteiger partial charge < -0.3 is 15.2 Å². The number of nitrogens with zero attached hydrogens (tertiary/aromatic N) is 1. The van der Waals surface area contributed by atoms with Crippen LogP contribution in [0.25, 0.3) is 10.9 Å². The molecule has 0 aliphatic heterocycles. The van der Waals surface area contributed by atoms with Crippen molar-refractivity contribution in [2.24, 2.45) is 0 Å². The van der Waals surface area contributed by atoms with Crippen molar-refractivity contribution in [3.8, 4) is 0 Å². The van der Waals surface area contributed by atoms with E-state index in [1.54, 1.807) is 32.3 Å². The van der Waals surface area contributed by atoms with Gasteiger partial charge in [-0.3, -0.25) is 9.59 Å². The number of amides is 2. The van der Waals surface area contributed by atoms with E-state index in [0.29, 0.717) is 29.1 Å². The molecule has 26 heavy (non-hydrogen) atoms. The van der Waals surface area contributed by atoms with Gasteiger partial charge in [0.15, 0.2) is 0 Å². The second-order valence-corrected chi connectivity index (χ2v) is 6.71. The molecule has 5 nitrogen and oxygen atoms in total. The van der Waals surface area contributed by atoms with E-state index in [9.17, 15) is 9.59 Å². The van der Waals surface area contributed by atoms with Crippen LogP contribution < -0.4 is 5.32 Å². The van der Waals surface area contributed by atoms with E-state index < -0.39 is 0 Å². The molecule has 1 heterocycles. The minimum atomic E-state index is -0.204. The van der Waals surface area contributed by atoms with Crippen LogP contribution in [0.15, 0.2) is 48.7 Å². The normalized spacial score (nSPS) is 10.7. The molecule has 2 N–H and O–H groups in total. The highest BCUT2D eigenvalue weighted by Crippen LogP contribution is 2.23. The fourth-order valence-electron chi connectivity index (χ4n) is 2.82. The third kappa shape index (κ3) is 3.89. The Bertz CT molecular complexity index is 963. The molecule has 0 fully saturated rings. The molecular weight excluding hydrogens is 350 g/mol. The second kappa shape index (κ2) is 7.62. The molecule has 0 spiro atoms. The number of fused-ring (bicyclic) bond motifs is 1. The number of rotatable bonds is 5. The monoisotopic (exact) mass is 369 g/mol. The number of carbonyl (C=O) groups excluding carboxylic acids is 2. The summed E-state index contributed by atoms with van der Waals surface area (Å²) in [6.45, 7) is 0. The predicted molar refractivity (Wildman–Crippen MR) is 105 cm³/mol. The molecule has 134 valence electrons. The number of para-hydroxylation sites is 1. The molecule has 3 aromatic rings. The number of benzene rings is 2. The van der Waals surface area contributed by atoms with Crippen LogP contribution in [0.4, 0.5) is 5.69 Å². The smallest absolute Gasteiger partial charge is 0.254 e. The number of carbonyl (C=O) groups is 2. The highest BCUT2D eigenvalue weighted by atomic mass is 35.5. The van der Waals surface area contributed by atoms with Crippen molar-refractivity contribution in [3.05, 3.63) is 64.8 Å². The van der Waals surface area contributed by atoms with Gasteiger partial charge in [-0.1, -0.05) is 29.8 Å². The van der Waals surface area contributed by atoms with Crippen LogP contribution in [0.5, 0.6) is 0 Å². The topological polar surface area (TPSA) is 65.2 Å². The minimum absolute atomic E-state index is 0.110. The first kappa shape index (κ1) is 18.0. The first-order chi connectivity index (χ1) is 12.5. The zero-order chi connectivity index (χ0) is 18.7. The molecular formula is C20H20ClN3O2. The van der Waals surface area contributed by atoms with Crippen LogP contribution in [0.1, 0.15) is 22.3 Å². The van der Waals surface area contributed by atoms with Crippen LogP contribution in [-0.2, 0) is 11.2 Å². The van der Waals surface area contributed by atoms with E-state index in [0.717, 1.165) is 16.5 Å². The number of halogens is 1. The summed E-state index contributed by atoms with van der Waals surface area (Å²) in [6, 6.07) is 12.9. The summed E-state index contributed by atoms with van der Waals surface area (Å²) in [7, 11) is 3.32. The number of aryl methyl sites for hydroxylation is 1. The lowest BCUT2D eigenvalue weighted by Gasteiger charge is -2.13. The molecule has 1 aromatic heterocycles. The number of anilines is 1. The van der Waals surface area contributed by atoms with Gasteiger partial charge in [0.25, 0.3) is 5.91 Å². The summed E-state index contributed by atoms with van der Waals surface area (Å²) in [5.74, 6) is -0.314. The molecule has 2 amide bonds. The summed E-state index contributed by atoms with van der Waals surface area (Å²) in [5, 5.41) is 4.33. The zero-order valence-corrected chi connectivity index (χ0v) is 15.4. The fraction of sp³-hybridized carbons (Fsp3) is 0.200. The molecule has 0 aliphatic rings. The standard InChI is InChI=1S/C20H20ClN3O2/c1-24(2)20(26)16-11-14(8-9-17(16)21)23-19(25)10-7-13-12-22-18-6-4-3-5-15(13)18/h3-6,8-9,11-12,22H,7,10H2,1-2H3,(H,23,25). The van der Waals surface area contributed by atoms with E-state index in [2.05, 4.69) is 10.3 Å². The number of hydrogen-bond acceptors (Lipinski definition) is 2. The van der Waals surface area contributed by atoms with Gasteiger partial charge in [0.05, 0.1) is 10.6 Å². The second-order valence-electron chi connectivity index (χ2n) is 6.30. The maximum Gasteiger partial charge on any atom is 0.254 e. The van der Waals surface area contributed by atoms with Crippen molar-refractivity contribution >= 4 is 40.0 Å². The van der Waals surface area contributed by atoms with Gasteiger partial charge in [-0.15, -0.1) is 0 Å². The van der Waals surface area contributed by atoms with Crippen molar-refractivity contribution < 1.29 is 9.59 Å². The molecule has 0 aliphatic carbocycles. The SMILES string of the molecule is CN(C)C(=O)c1cc(NC(=O)CCc2c[nH]c3ccccc23)ccc1Cl. The number of aromatic nitrogens is 1. The molecule has 0 saturated heterocycles. The highest BCUT2D eigenvalue weighted by Gasteiger charge is 2.14. The lowest BCUT2D eigenvalue weighted by molar-refractivity contribution is -0.116. The van der Waals surface area contributed by atoms with Gasteiger partial charge in [0.2, 0.25) is 5.91 Å². The predicted octanol–water partition coefficient (Wildman–Crippen LogP) is 4.09. The number of hydrogen-bond donors (Lipinski definition) is 2. The van der Waals surface area contributed by atoms with E-state index >= 15 is 0 Å². The number of nitrogens with one attached hydrogen (secondary N) is 2.